The van der Waals surface area contributed by atoms with E-state index in [-0.39, 0.29) is 6.04 Å². The second-order valence-corrected chi connectivity index (χ2v) is 7.61. The third kappa shape index (κ3) is 3.26. The smallest absolute Gasteiger partial charge is 0.378 e. The number of benzene rings is 1. The molecule has 1 heterocycles. The summed E-state index contributed by atoms with van der Waals surface area (Å²) in [5.74, 6) is 0. The monoisotopic (exact) mass is 375 g/mol. The van der Waals surface area contributed by atoms with Gasteiger partial charge in [0.15, 0.2) is 0 Å². The molecule has 0 saturated carbocycles. The molecule has 0 saturated heterocycles. The van der Waals surface area contributed by atoms with Gasteiger partial charge in [-0.2, -0.15) is 13.2 Å². The zero-order valence-electron chi connectivity index (χ0n) is 11.0. The largest absolute Gasteiger partial charge is 0.416 e. The third-order valence-corrected chi connectivity index (χ3v) is 5.35. The van der Waals surface area contributed by atoms with Gasteiger partial charge in [0.25, 0.3) is 0 Å². The predicted molar refractivity (Wildman–Crippen MR) is 82.8 cm³/mol. The minimum Gasteiger partial charge on any atom is -0.378 e. The first-order valence-corrected chi connectivity index (χ1v) is 8.26. The molecule has 1 unspecified atom stereocenters. The normalized spacial score (nSPS) is 18.4. The Kier molecular flexibility index (Phi) is 4.01. The van der Waals surface area contributed by atoms with E-state index in [0.717, 1.165) is 40.9 Å². The lowest BCUT2D eigenvalue weighted by molar-refractivity contribution is -0.137. The summed E-state index contributed by atoms with van der Waals surface area (Å²) in [5.41, 5.74) is 1.37. The lowest BCUT2D eigenvalue weighted by atomic mass is 9.94. The number of hydrogen-bond acceptors (Lipinski definition) is 2. The molecule has 0 spiro atoms. The van der Waals surface area contributed by atoms with E-state index >= 15 is 0 Å². The van der Waals surface area contributed by atoms with Crippen molar-refractivity contribution < 1.29 is 13.2 Å². The zero-order chi connectivity index (χ0) is 15.0. The molecule has 0 aliphatic heterocycles. The molecule has 6 heteroatoms. The van der Waals surface area contributed by atoms with E-state index in [9.17, 15) is 13.2 Å². The summed E-state index contributed by atoms with van der Waals surface area (Å²) in [6.07, 6.45) is -1.11. The maximum atomic E-state index is 12.6. The molecule has 2 aromatic rings. The third-order valence-electron chi connectivity index (χ3n) is 3.64. The number of hydrogen-bond donors (Lipinski definition) is 1. The highest BCUT2D eigenvalue weighted by molar-refractivity contribution is 9.11. The van der Waals surface area contributed by atoms with E-state index in [1.54, 1.807) is 11.3 Å². The Morgan fingerprint density at radius 3 is 2.57 bits per heavy atom. The highest BCUT2D eigenvalue weighted by atomic mass is 79.9. The molecule has 112 valence electrons. The van der Waals surface area contributed by atoms with Crippen molar-refractivity contribution in [3.05, 3.63) is 50.1 Å². The number of nitrogens with one attached hydrogen (secondary N) is 1. The number of fused-ring (bicyclic) bond motifs is 1. The molecule has 1 N–H and O–H groups in total. The van der Waals surface area contributed by atoms with Crippen LogP contribution < -0.4 is 5.32 Å². The second kappa shape index (κ2) is 5.65. The van der Waals surface area contributed by atoms with Crippen molar-refractivity contribution in [2.45, 2.75) is 31.5 Å². The van der Waals surface area contributed by atoms with E-state index < -0.39 is 11.7 Å². The molecular formula is C15H13BrF3NS. The van der Waals surface area contributed by atoms with E-state index in [2.05, 4.69) is 27.3 Å². The Balaban J connectivity index is 1.78. The van der Waals surface area contributed by atoms with Gasteiger partial charge in [-0.25, -0.2) is 0 Å². The first-order valence-electron chi connectivity index (χ1n) is 6.65. The Morgan fingerprint density at radius 2 is 1.90 bits per heavy atom. The molecule has 1 aliphatic rings. The van der Waals surface area contributed by atoms with Gasteiger partial charge in [0.05, 0.1) is 15.4 Å². The first-order chi connectivity index (χ1) is 9.93. The molecule has 1 aromatic heterocycles. The minimum absolute atomic E-state index is 0.174. The number of halogens is 4. The molecule has 0 bridgehead atoms. The molecule has 1 aliphatic carbocycles. The van der Waals surface area contributed by atoms with Crippen LogP contribution in [0.5, 0.6) is 0 Å². The molecule has 1 nitrogen and oxygen atoms in total. The minimum atomic E-state index is -4.28. The van der Waals surface area contributed by atoms with Crippen LogP contribution >= 0.6 is 27.3 Å². The van der Waals surface area contributed by atoms with Crippen molar-refractivity contribution in [3.63, 3.8) is 0 Å². The molecule has 3 rings (SSSR count). The number of alkyl halides is 3. The maximum absolute atomic E-state index is 12.6. The summed E-state index contributed by atoms with van der Waals surface area (Å²) in [4.78, 5) is 1.36. The predicted octanol–water partition coefficient (Wildman–Crippen LogP) is 6.02. The fourth-order valence-corrected chi connectivity index (χ4v) is 4.45. The van der Waals surface area contributed by atoms with Gasteiger partial charge in [0.1, 0.15) is 0 Å². The highest BCUT2D eigenvalue weighted by Gasteiger charge is 2.30. The highest BCUT2D eigenvalue weighted by Crippen LogP contribution is 2.39. The Hall–Kier alpha value is -1.01. The van der Waals surface area contributed by atoms with Crippen molar-refractivity contribution in [3.8, 4) is 0 Å². The van der Waals surface area contributed by atoms with Crippen molar-refractivity contribution >= 4 is 33.0 Å². The molecule has 21 heavy (non-hydrogen) atoms. The van der Waals surface area contributed by atoms with Crippen LogP contribution in [0.1, 0.15) is 34.9 Å². The summed E-state index contributed by atoms with van der Waals surface area (Å²) in [5, 5.41) is 3.35. The molecule has 0 fully saturated rings. The van der Waals surface area contributed by atoms with Gasteiger partial charge in [0, 0.05) is 10.6 Å². The van der Waals surface area contributed by atoms with Crippen LogP contribution in [0.4, 0.5) is 18.9 Å². The van der Waals surface area contributed by atoms with E-state index in [0.29, 0.717) is 0 Å². The fraction of sp³-hybridized carbons (Fsp3) is 0.333. The van der Waals surface area contributed by atoms with Crippen molar-refractivity contribution in [1.82, 2.24) is 0 Å². The topological polar surface area (TPSA) is 12.0 Å². The summed E-state index contributed by atoms with van der Waals surface area (Å²) < 4.78 is 38.8. The Morgan fingerprint density at radius 1 is 1.19 bits per heavy atom. The maximum Gasteiger partial charge on any atom is 0.416 e. The van der Waals surface area contributed by atoms with Crippen LogP contribution in [0.2, 0.25) is 0 Å². The van der Waals surface area contributed by atoms with Gasteiger partial charge in [-0.15, -0.1) is 11.3 Å². The fourth-order valence-electron chi connectivity index (χ4n) is 2.63. The number of rotatable bonds is 2. The SMILES string of the molecule is FC(F)(F)c1ccc(NC2CCCc3sc(Br)cc32)cc1. The quantitative estimate of drug-likeness (QED) is 0.676. The molecular weight excluding hydrogens is 363 g/mol. The van der Waals surface area contributed by atoms with Crippen LogP contribution in [0.25, 0.3) is 0 Å². The second-order valence-electron chi connectivity index (χ2n) is 5.09. The zero-order valence-corrected chi connectivity index (χ0v) is 13.4. The van der Waals surface area contributed by atoms with E-state index in [4.69, 9.17) is 0 Å². The summed E-state index contributed by atoms with van der Waals surface area (Å²) in [6.45, 7) is 0. The van der Waals surface area contributed by atoms with Gasteiger partial charge in [0.2, 0.25) is 0 Å². The van der Waals surface area contributed by atoms with Crippen LogP contribution in [0.15, 0.2) is 34.1 Å². The van der Waals surface area contributed by atoms with Crippen molar-refractivity contribution in [2.24, 2.45) is 0 Å². The van der Waals surface area contributed by atoms with Crippen LogP contribution in [0, 0.1) is 0 Å². The van der Waals surface area contributed by atoms with Crippen LogP contribution in [-0.4, -0.2) is 0 Å². The molecule has 1 atom stereocenters. The Labute approximate surface area is 133 Å². The molecule has 0 amide bonds. The number of anilines is 1. The lowest BCUT2D eigenvalue weighted by Gasteiger charge is -2.24. The summed E-state index contributed by atoms with van der Waals surface area (Å²) in [6, 6.07) is 7.52. The standard InChI is InChI=1S/C15H13BrF3NS/c16-14-8-11-12(2-1-3-13(11)21-14)20-10-6-4-9(5-7-10)15(17,18)19/h4-8,12,20H,1-3H2. The average molecular weight is 376 g/mol. The summed E-state index contributed by atoms with van der Waals surface area (Å²) >= 11 is 5.24. The average Bonchev–Trinajstić information content (AvgIpc) is 2.80. The van der Waals surface area contributed by atoms with Gasteiger partial charge in [-0.3, -0.25) is 0 Å². The lowest BCUT2D eigenvalue weighted by Crippen LogP contribution is -2.15. The van der Waals surface area contributed by atoms with Gasteiger partial charge >= 0.3 is 6.18 Å². The van der Waals surface area contributed by atoms with Gasteiger partial charge in [-0.1, -0.05) is 0 Å². The van der Waals surface area contributed by atoms with E-state index in [1.807, 2.05) is 0 Å². The van der Waals surface area contributed by atoms with Crippen molar-refractivity contribution in [1.29, 1.82) is 0 Å². The van der Waals surface area contributed by atoms with E-state index in [1.165, 1.54) is 22.6 Å². The number of aryl methyl sites for hydroxylation is 1. The molecule has 0 radical (unpaired) electrons. The van der Waals surface area contributed by atoms with Gasteiger partial charge in [-0.05, 0) is 71.1 Å². The number of thiophene rings is 1. The first kappa shape index (κ1) is 14.9. The van der Waals surface area contributed by atoms with Crippen molar-refractivity contribution in [2.75, 3.05) is 5.32 Å². The van der Waals surface area contributed by atoms with Crippen LogP contribution in [0.3, 0.4) is 0 Å². The van der Waals surface area contributed by atoms with Crippen LogP contribution in [-0.2, 0) is 12.6 Å². The van der Waals surface area contributed by atoms with Gasteiger partial charge < -0.3 is 5.32 Å². The molecule has 1 aromatic carbocycles. The summed E-state index contributed by atoms with van der Waals surface area (Å²) in [7, 11) is 0. The Bertz CT molecular complexity index is 633.